The molecule has 2 saturated heterocycles. The van der Waals surface area contributed by atoms with Crippen molar-refractivity contribution in [2.75, 3.05) is 26.2 Å². The number of benzene rings is 2. The lowest BCUT2D eigenvalue weighted by Crippen LogP contribution is -2.51. The van der Waals surface area contributed by atoms with E-state index in [0.29, 0.717) is 56.7 Å². The van der Waals surface area contributed by atoms with Crippen molar-refractivity contribution in [3.05, 3.63) is 83.4 Å². The first kappa shape index (κ1) is 26.7. The normalized spacial score (nSPS) is 20.6. The van der Waals surface area contributed by atoms with E-state index < -0.39 is 23.4 Å². The van der Waals surface area contributed by atoms with Crippen LogP contribution in [0.5, 0.6) is 0 Å². The lowest BCUT2D eigenvalue weighted by molar-refractivity contribution is -0.137. The van der Waals surface area contributed by atoms with Crippen molar-refractivity contribution in [2.45, 2.75) is 37.3 Å². The number of nitriles is 1. The van der Waals surface area contributed by atoms with Crippen molar-refractivity contribution in [1.82, 2.24) is 19.4 Å². The minimum atomic E-state index is -4.45. The standard InChI is InChI=1S/C28H26F5N5O/c29-23-5-6-24(30)26(12-23)38-16-25(35-17-38)21-11-20(19-1-3-22(4-2-19)28(31,32)33)14-37(15-21)27(39)36-9-7-18(13-34)8-10-36/h1-6,12,16-18,20-21H,7-11,14-15H2. The summed E-state index contributed by atoms with van der Waals surface area (Å²) >= 11 is 0. The maximum absolute atomic E-state index is 14.4. The number of rotatable bonds is 3. The minimum Gasteiger partial charge on any atom is -0.325 e. The molecule has 5 rings (SSSR count). The summed E-state index contributed by atoms with van der Waals surface area (Å²) in [6.45, 7) is 1.54. The summed E-state index contributed by atoms with van der Waals surface area (Å²) in [5.41, 5.74) is 0.487. The molecule has 6 nitrogen and oxygen atoms in total. The van der Waals surface area contributed by atoms with E-state index in [-0.39, 0.29) is 29.5 Å². The zero-order chi connectivity index (χ0) is 27.7. The first-order chi connectivity index (χ1) is 18.6. The van der Waals surface area contributed by atoms with Gasteiger partial charge in [-0.3, -0.25) is 0 Å². The highest BCUT2D eigenvalue weighted by atomic mass is 19.4. The van der Waals surface area contributed by atoms with Crippen molar-refractivity contribution in [1.29, 1.82) is 5.26 Å². The summed E-state index contributed by atoms with van der Waals surface area (Å²) < 4.78 is 68.9. The van der Waals surface area contributed by atoms with Crippen molar-refractivity contribution in [2.24, 2.45) is 5.92 Å². The average Bonchev–Trinajstić information content (AvgIpc) is 3.44. The SMILES string of the molecule is N#CC1CCN(C(=O)N2CC(c3ccc(C(F)(F)F)cc3)CC(c3cn(-c4cc(F)ccc4F)cn3)C2)CC1. The monoisotopic (exact) mass is 543 g/mol. The second kappa shape index (κ2) is 10.7. The van der Waals surface area contributed by atoms with E-state index in [2.05, 4.69) is 11.1 Å². The van der Waals surface area contributed by atoms with Crippen LogP contribution in [0.1, 0.15) is 47.9 Å². The Balaban J connectivity index is 1.42. The van der Waals surface area contributed by atoms with Gasteiger partial charge in [0.15, 0.2) is 0 Å². The lowest BCUT2D eigenvalue weighted by Gasteiger charge is -2.41. The number of halogens is 5. The third kappa shape index (κ3) is 5.75. The third-order valence-electron chi connectivity index (χ3n) is 7.59. The number of likely N-dealkylation sites (tertiary alicyclic amines) is 2. The summed E-state index contributed by atoms with van der Waals surface area (Å²) in [5, 5.41) is 9.19. The fourth-order valence-corrected chi connectivity index (χ4v) is 5.42. The van der Waals surface area contributed by atoms with Crippen molar-refractivity contribution >= 4 is 6.03 Å². The maximum Gasteiger partial charge on any atom is 0.416 e. The predicted molar refractivity (Wildman–Crippen MR) is 132 cm³/mol. The van der Waals surface area contributed by atoms with Gasteiger partial charge in [0, 0.05) is 56.2 Å². The number of hydrogen-bond acceptors (Lipinski definition) is 3. The van der Waals surface area contributed by atoms with Crippen LogP contribution < -0.4 is 0 Å². The highest BCUT2D eigenvalue weighted by Gasteiger charge is 2.36. The fraction of sp³-hybridized carbons (Fsp3) is 0.393. The Hall–Kier alpha value is -3.94. The second-order valence-electron chi connectivity index (χ2n) is 10.1. The van der Waals surface area contributed by atoms with E-state index in [4.69, 9.17) is 0 Å². The Morgan fingerprint density at radius 2 is 1.67 bits per heavy atom. The zero-order valence-electron chi connectivity index (χ0n) is 20.9. The minimum absolute atomic E-state index is 0.00264. The van der Waals surface area contributed by atoms with Crippen LogP contribution in [-0.2, 0) is 6.18 Å². The van der Waals surface area contributed by atoms with E-state index in [9.17, 15) is 32.0 Å². The van der Waals surface area contributed by atoms with E-state index in [1.807, 2.05) is 0 Å². The third-order valence-corrected chi connectivity index (χ3v) is 7.59. The molecule has 2 amide bonds. The smallest absolute Gasteiger partial charge is 0.325 e. The largest absolute Gasteiger partial charge is 0.416 e. The van der Waals surface area contributed by atoms with Gasteiger partial charge in [0.2, 0.25) is 0 Å². The van der Waals surface area contributed by atoms with Gasteiger partial charge in [-0.2, -0.15) is 18.4 Å². The van der Waals surface area contributed by atoms with Crippen LogP contribution in [0.25, 0.3) is 5.69 Å². The lowest BCUT2D eigenvalue weighted by atomic mass is 9.83. The first-order valence-corrected chi connectivity index (χ1v) is 12.7. The quantitative estimate of drug-likeness (QED) is 0.375. The number of carbonyl (C=O) groups is 1. The number of aromatic nitrogens is 2. The van der Waals surface area contributed by atoms with E-state index in [1.165, 1.54) is 23.0 Å². The molecule has 2 aliphatic heterocycles. The topological polar surface area (TPSA) is 65.2 Å². The molecule has 3 aromatic rings. The molecular formula is C28H26F5N5O. The maximum atomic E-state index is 14.4. The first-order valence-electron chi connectivity index (χ1n) is 12.7. The molecule has 0 saturated carbocycles. The number of carbonyl (C=O) groups excluding carboxylic acids is 1. The Morgan fingerprint density at radius 3 is 2.33 bits per heavy atom. The Morgan fingerprint density at radius 1 is 0.974 bits per heavy atom. The van der Waals surface area contributed by atoms with Gasteiger partial charge < -0.3 is 14.4 Å². The fourth-order valence-electron chi connectivity index (χ4n) is 5.42. The number of alkyl halides is 3. The molecular weight excluding hydrogens is 517 g/mol. The van der Waals surface area contributed by atoms with Crippen molar-refractivity contribution in [3.8, 4) is 11.8 Å². The van der Waals surface area contributed by atoms with Crippen LogP contribution in [0.2, 0.25) is 0 Å². The molecule has 0 aliphatic carbocycles. The molecule has 2 aliphatic rings. The Bertz CT molecular complexity index is 1370. The summed E-state index contributed by atoms with van der Waals surface area (Å²) in [4.78, 5) is 21.3. The number of imidazole rings is 1. The van der Waals surface area contributed by atoms with Gasteiger partial charge in [0.1, 0.15) is 11.6 Å². The Labute approximate surface area is 222 Å². The van der Waals surface area contributed by atoms with Crippen LogP contribution in [0.3, 0.4) is 0 Å². The van der Waals surface area contributed by atoms with Crippen LogP contribution in [-0.4, -0.2) is 51.6 Å². The summed E-state index contributed by atoms with van der Waals surface area (Å²) in [7, 11) is 0. The molecule has 3 heterocycles. The number of nitrogens with zero attached hydrogens (tertiary/aromatic N) is 5. The zero-order valence-corrected chi connectivity index (χ0v) is 20.9. The molecule has 39 heavy (non-hydrogen) atoms. The highest BCUT2D eigenvalue weighted by molar-refractivity contribution is 5.75. The van der Waals surface area contributed by atoms with Crippen LogP contribution in [0, 0.1) is 28.9 Å². The molecule has 0 bridgehead atoms. The summed E-state index contributed by atoms with van der Waals surface area (Å²) in [6, 6.07) is 10.1. The molecule has 2 fully saturated rings. The predicted octanol–water partition coefficient (Wildman–Crippen LogP) is 6.10. The number of amides is 2. The highest BCUT2D eigenvalue weighted by Crippen LogP contribution is 2.38. The van der Waals surface area contributed by atoms with Gasteiger partial charge in [-0.15, -0.1) is 0 Å². The van der Waals surface area contributed by atoms with Crippen molar-refractivity contribution < 1.29 is 26.7 Å². The molecule has 0 spiro atoms. The molecule has 11 heteroatoms. The summed E-state index contributed by atoms with van der Waals surface area (Å²) in [6.07, 6.45) is 0.210. The van der Waals surface area contributed by atoms with Gasteiger partial charge in [-0.05, 0) is 49.1 Å². The van der Waals surface area contributed by atoms with E-state index in [0.717, 1.165) is 30.3 Å². The molecule has 2 aromatic carbocycles. The van der Waals surface area contributed by atoms with E-state index >= 15 is 0 Å². The molecule has 2 unspecified atom stereocenters. The molecule has 204 valence electrons. The van der Waals surface area contributed by atoms with Crippen LogP contribution in [0.4, 0.5) is 26.7 Å². The van der Waals surface area contributed by atoms with Gasteiger partial charge in [0.25, 0.3) is 0 Å². The molecule has 0 radical (unpaired) electrons. The number of piperidine rings is 2. The van der Waals surface area contributed by atoms with Crippen molar-refractivity contribution in [3.63, 3.8) is 0 Å². The molecule has 1 aromatic heterocycles. The van der Waals surface area contributed by atoms with Crippen LogP contribution in [0.15, 0.2) is 55.0 Å². The van der Waals surface area contributed by atoms with Gasteiger partial charge >= 0.3 is 12.2 Å². The van der Waals surface area contributed by atoms with E-state index in [1.54, 1.807) is 16.0 Å². The summed E-state index contributed by atoms with van der Waals surface area (Å²) in [5.74, 6) is -1.86. The number of urea groups is 1. The van der Waals surface area contributed by atoms with Crippen LogP contribution >= 0.6 is 0 Å². The Kier molecular flexibility index (Phi) is 7.30. The van der Waals surface area contributed by atoms with Gasteiger partial charge in [-0.25, -0.2) is 18.6 Å². The van der Waals surface area contributed by atoms with Gasteiger partial charge in [0.05, 0.1) is 29.3 Å². The molecule has 2 atom stereocenters. The molecule has 0 N–H and O–H groups in total. The average molecular weight is 544 g/mol. The second-order valence-corrected chi connectivity index (χ2v) is 10.1. The number of hydrogen-bond donors (Lipinski definition) is 0. The van der Waals surface area contributed by atoms with Gasteiger partial charge in [-0.1, -0.05) is 12.1 Å².